The molecule has 0 N–H and O–H groups in total. The molecule has 0 amide bonds. The number of hydrogen-bond donors (Lipinski definition) is 0. The molecule has 0 saturated heterocycles. The summed E-state index contributed by atoms with van der Waals surface area (Å²) in [5.41, 5.74) is 14.9. The SMILES string of the molecule is CC1(C)c2ccccc2-c2cc(-c3ccccc3-c3cc(-c4cccc(-c5c6ccccc6cc6c5ccc5ccccc56)c4)nc(-c4ccccc4)n3)ccc21. The first kappa shape index (κ1) is 33.2. The summed E-state index contributed by atoms with van der Waals surface area (Å²) in [5.74, 6) is 0.704. The molecule has 0 aliphatic heterocycles. The van der Waals surface area contributed by atoms with Crippen LogP contribution in [0.4, 0.5) is 0 Å². The number of aromatic nitrogens is 2. The molecule has 0 fully saturated rings. The Kier molecular flexibility index (Phi) is 7.55. The summed E-state index contributed by atoms with van der Waals surface area (Å²) in [6.45, 7) is 4.66. The van der Waals surface area contributed by atoms with E-state index in [1.807, 2.05) is 6.07 Å². The number of fused-ring (bicyclic) bond motifs is 7. The molecular formula is C55H38N2. The second-order valence-corrected chi connectivity index (χ2v) is 15.7. The molecule has 57 heavy (non-hydrogen) atoms. The monoisotopic (exact) mass is 726 g/mol. The molecule has 2 heteroatoms. The lowest BCUT2D eigenvalue weighted by atomic mass is 9.82. The van der Waals surface area contributed by atoms with Crippen LogP contribution in [0, 0.1) is 0 Å². The van der Waals surface area contributed by atoms with Gasteiger partial charge in [0.2, 0.25) is 0 Å². The summed E-state index contributed by atoms with van der Waals surface area (Å²) in [5, 5.41) is 7.48. The van der Waals surface area contributed by atoms with Crippen LogP contribution in [0.1, 0.15) is 25.0 Å². The van der Waals surface area contributed by atoms with E-state index in [1.165, 1.54) is 65.7 Å². The lowest BCUT2D eigenvalue weighted by Gasteiger charge is -2.21. The zero-order valence-electron chi connectivity index (χ0n) is 31.9. The van der Waals surface area contributed by atoms with Gasteiger partial charge in [-0.25, -0.2) is 9.97 Å². The molecule has 1 heterocycles. The smallest absolute Gasteiger partial charge is 0.160 e. The highest BCUT2D eigenvalue weighted by Gasteiger charge is 2.35. The highest BCUT2D eigenvalue weighted by Crippen LogP contribution is 2.50. The van der Waals surface area contributed by atoms with Crippen molar-refractivity contribution in [3.63, 3.8) is 0 Å². The number of benzene rings is 9. The molecule has 1 aromatic heterocycles. The van der Waals surface area contributed by atoms with Gasteiger partial charge in [0, 0.05) is 22.1 Å². The maximum absolute atomic E-state index is 5.30. The van der Waals surface area contributed by atoms with E-state index in [1.54, 1.807) is 0 Å². The molecule has 10 aromatic rings. The molecule has 0 atom stereocenters. The quantitative estimate of drug-likeness (QED) is 0.130. The Morgan fingerprint density at radius 3 is 1.84 bits per heavy atom. The zero-order valence-corrected chi connectivity index (χ0v) is 31.9. The van der Waals surface area contributed by atoms with Gasteiger partial charge in [-0.1, -0.05) is 184 Å². The maximum Gasteiger partial charge on any atom is 0.160 e. The molecule has 268 valence electrons. The summed E-state index contributed by atoms with van der Waals surface area (Å²) in [4.78, 5) is 10.6. The van der Waals surface area contributed by atoms with E-state index in [9.17, 15) is 0 Å². The van der Waals surface area contributed by atoms with Crippen LogP contribution in [-0.2, 0) is 5.41 Å². The third kappa shape index (κ3) is 5.40. The third-order valence-electron chi connectivity index (χ3n) is 12.1. The van der Waals surface area contributed by atoms with Crippen molar-refractivity contribution in [2.75, 3.05) is 0 Å². The highest BCUT2D eigenvalue weighted by atomic mass is 14.9. The van der Waals surface area contributed by atoms with E-state index in [2.05, 4.69) is 202 Å². The van der Waals surface area contributed by atoms with E-state index in [4.69, 9.17) is 9.97 Å². The van der Waals surface area contributed by atoms with Crippen LogP contribution < -0.4 is 0 Å². The van der Waals surface area contributed by atoms with Crippen molar-refractivity contribution < 1.29 is 0 Å². The first-order chi connectivity index (χ1) is 28.0. The molecule has 0 saturated carbocycles. The summed E-state index contributed by atoms with van der Waals surface area (Å²) >= 11 is 0. The molecule has 1 aliphatic carbocycles. The first-order valence-corrected chi connectivity index (χ1v) is 19.7. The highest BCUT2D eigenvalue weighted by molar-refractivity contribution is 6.20. The van der Waals surface area contributed by atoms with Crippen molar-refractivity contribution in [2.45, 2.75) is 19.3 Å². The van der Waals surface area contributed by atoms with Crippen molar-refractivity contribution in [2.24, 2.45) is 0 Å². The van der Waals surface area contributed by atoms with Crippen LogP contribution >= 0.6 is 0 Å². The molecule has 1 aliphatic rings. The average molecular weight is 727 g/mol. The van der Waals surface area contributed by atoms with Gasteiger partial charge in [0.15, 0.2) is 5.82 Å². The Morgan fingerprint density at radius 1 is 0.333 bits per heavy atom. The molecule has 0 spiro atoms. The van der Waals surface area contributed by atoms with E-state index in [0.717, 1.165) is 39.2 Å². The summed E-state index contributed by atoms with van der Waals surface area (Å²) in [7, 11) is 0. The minimum Gasteiger partial charge on any atom is -0.228 e. The number of rotatable bonds is 5. The minimum absolute atomic E-state index is 0.0449. The third-order valence-corrected chi connectivity index (χ3v) is 12.1. The first-order valence-electron chi connectivity index (χ1n) is 19.7. The fourth-order valence-corrected chi connectivity index (χ4v) is 9.26. The summed E-state index contributed by atoms with van der Waals surface area (Å²) in [6.07, 6.45) is 0. The van der Waals surface area contributed by atoms with Crippen molar-refractivity contribution in [3.8, 4) is 67.3 Å². The largest absolute Gasteiger partial charge is 0.228 e. The van der Waals surface area contributed by atoms with Gasteiger partial charge in [-0.15, -0.1) is 0 Å². The Labute approximate surface area is 332 Å². The fraction of sp³-hybridized carbons (Fsp3) is 0.0545. The molecule has 9 aromatic carbocycles. The minimum atomic E-state index is -0.0449. The fourth-order valence-electron chi connectivity index (χ4n) is 9.26. The van der Waals surface area contributed by atoms with E-state index < -0.39 is 0 Å². The van der Waals surface area contributed by atoms with Gasteiger partial charge in [0.25, 0.3) is 0 Å². The Balaban J connectivity index is 1.10. The van der Waals surface area contributed by atoms with Crippen LogP contribution in [0.15, 0.2) is 194 Å². The van der Waals surface area contributed by atoms with Gasteiger partial charge in [-0.3, -0.25) is 0 Å². The second-order valence-electron chi connectivity index (χ2n) is 15.7. The van der Waals surface area contributed by atoms with Crippen LogP contribution in [0.25, 0.3) is 99.6 Å². The van der Waals surface area contributed by atoms with E-state index >= 15 is 0 Å². The van der Waals surface area contributed by atoms with Gasteiger partial charge >= 0.3 is 0 Å². The summed E-state index contributed by atoms with van der Waals surface area (Å²) in [6, 6.07) is 70.2. The zero-order chi connectivity index (χ0) is 38.1. The van der Waals surface area contributed by atoms with Gasteiger partial charge < -0.3 is 0 Å². The molecule has 0 radical (unpaired) electrons. The van der Waals surface area contributed by atoms with Crippen LogP contribution in [0.3, 0.4) is 0 Å². The molecule has 0 bridgehead atoms. The predicted molar refractivity (Wildman–Crippen MR) is 239 cm³/mol. The van der Waals surface area contributed by atoms with Gasteiger partial charge in [0.05, 0.1) is 11.4 Å². The van der Waals surface area contributed by atoms with Gasteiger partial charge in [-0.05, 0) is 101 Å². The Bertz CT molecular complexity index is 3210. The van der Waals surface area contributed by atoms with Crippen LogP contribution in [-0.4, -0.2) is 9.97 Å². The lowest BCUT2D eigenvalue weighted by Crippen LogP contribution is -2.14. The average Bonchev–Trinajstić information content (AvgIpc) is 3.51. The van der Waals surface area contributed by atoms with Crippen LogP contribution in [0.5, 0.6) is 0 Å². The van der Waals surface area contributed by atoms with Crippen molar-refractivity contribution >= 4 is 32.3 Å². The van der Waals surface area contributed by atoms with Gasteiger partial charge in [0.1, 0.15) is 0 Å². The molecule has 0 unspecified atom stereocenters. The predicted octanol–water partition coefficient (Wildman–Crippen LogP) is 14.6. The second kappa shape index (κ2) is 13.0. The summed E-state index contributed by atoms with van der Waals surface area (Å²) < 4.78 is 0. The van der Waals surface area contributed by atoms with Gasteiger partial charge in [-0.2, -0.15) is 0 Å². The molecular weight excluding hydrogens is 689 g/mol. The standard InChI is InChI=1S/C55H38N2/c1-55(2)49-26-13-12-24-44(49)48-33-38(28-30-50(48)55)42-22-10-11-25-45(42)52-34-51(56-54(57-52)36-16-4-3-5-17-36)39-19-14-20-40(31-39)53-43-23-9-7-18-37(43)32-47-41-21-8-6-15-35(41)27-29-46(47)53/h3-34H,1-2H3. The molecule has 11 rings (SSSR count). The lowest BCUT2D eigenvalue weighted by molar-refractivity contribution is 0.660. The van der Waals surface area contributed by atoms with Crippen LogP contribution in [0.2, 0.25) is 0 Å². The van der Waals surface area contributed by atoms with Crippen molar-refractivity contribution in [1.82, 2.24) is 9.97 Å². The van der Waals surface area contributed by atoms with Crippen molar-refractivity contribution in [3.05, 3.63) is 205 Å². The van der Waals surface area contributed by atoms with E-state index in [0.29, 0.717) is 5.82 Å². The molecule has 2 nitrogen and oxygen atoms in total. The Hall–Kier alpha value is -7.16. The topological polar surface area (TPSA) is 25.8 Å². The van der Waals surface area contributed by atoms with E-state index in [-0.39, 0.29) is 5.41 Å². The maximum atomic E-state index is 5.30. The Morgan fingerprint density at radius 2 is 0.982 bits per heavy atom. The van der Waals surface area contributed by atoms with Crippen molar-refractivity contribution in [1.29, 1.82) is 0 Å². The number of nitrogens with zero attached hydrogens (tertiary/aromatic N) is 2. The number of hydrogen-bond acceptors (Lipinski definition) is 2. The normalized spacial score (nSPS) is 12.9.